The van der Waals surface area contributed by atoms with Gasteiger partial charge in [-0.2, -0.15) is 9.61 Å². The zero-order chi connectivity index (χ0) is 17.2. The SMILES string of the molecule is CC(C)N1Cc2c(n(CC(=O)O)c3cc(C4CC4)nn3c2=O)C1=O. The average Bonchev–Trinajstić information content (AvgIpc) is 3.15. The van der Waals surface area contributed by atoms with Crippen LogP contribution in [0.1, 0.15) is 54.4 Å². The predicted molar refractivity (Wildman–Crippen MR) is 84.1 cm³/mol. The molecule has 4 rings (SSSR count). The third-order valence-electron chi connectivity index (χ3n) is 4.70. The van der Waals surface area contributed by atoms with Crippen LogP contribution in [-0.4, -0.2) is 42.1 Å². The topological polar surface area (TPSA) is 96.9 Å². The van der Waals surface area contributed by atoms with Crippen molar-refractivity contribution >= 4 is 17.5 Å². The van der Waals surface area contributed by atoms with E-state index in [9.17, 15) is 19.5 Å². The van der Waals surface area contributed by atoms with Gasteiger partial charge < -0.3 is 14.6 Å². The summed E-state index contributed by atoms with van der Waals surface area (Å²) in [6.45, 7) is 3.55. The van der Waals surface area contributed by atoms with Gasteiger partial charge in [0.1, 0.15) is 17.9 Å². The van der Waals surface area contributed by atoms with Gasteiger partial charge in [-0.25, -0.2) is 0 Å². The van der Waals surface area contributed by atoms with Crippen molar-refractivity contribution in [1.29, 1.82) is 0 Å². The van der Waals surface area contributed by atoms with E-state index in [-0.39, 0.29) is 36.3 Å². The predicted octanol–water partition coefficient (Wildman–Crippen LogP) is 0.822. The van der Waals surface area contributed by atoms with Crippen molar-refractivity contribution in [1.82, 2.24) is 19.1 Å². The number of hydrogen-bond donors (Lipinski definition) is 1. The molecule has 1 saturated carbocycles. The molecule has 24 heavy (non-hydrogen) atoms. The summed E-state index contributed by atoms with van der Waals surface area (Å²) in [5, 5.41) is 13.6. The lowest BCUT2D eigenvalue weighted by Crippen LogP contribution is -2.32. The van der Waals surface area contributed by atoms with E-state index >= 15 is 0 Å². The molecule has 2 aliphatic rings. The first kappa shape index (κ1) is 14.9. The number of amides is 1. The molecule has 1 aliphatic heterocycles. The molecule has 8 heteroatoms. The fraction of sp³-hybridized carbons (Fsp3) is 0.500. The first-order chi connectivity index (χ1) is 11.4. The minimum absolute atomic E-state index is 0.0723. The van der Waals surface area contributed by atoms with Gasteiger partial charge in [0, 0.05) is 18.0 Å². The lowest BCUT2D eigenvalue weighted by molar-refractivity contribution is -0.137. The largest absolute Gasteiger partial charge is 0.480 e. The summed E-state index contributed by atoms with van der Waals surface area (Å²) in [4.78, 5) is 38.4. The Labute approximate surface area is 137 Å². The van der Waals surface area contributed by atoms with Crippen LogP contribution < -0.4 is 5.56 Å². The summed E-state index contributed by atoms with van der Waals surface area (Å²) in [7, 11) is 0. The van der Waals surface area contributed by atoms with Crippen LogP contribution in [0.2, 0.25) is 0 Å². The monoisotopic (exact) mass is 330 g/mol. The van der Waals surface area contributed by atoms with E-state index in [4.69, 9.17) is 0 Å². The van der Waals surface area contributed by atoms with Crippen LogP contribution in [0, 0.1) is 0 Å². The van der Waals surface area contributed by atoms with Crippen molar-refractivity contribution in [2.24, 2.45) is 0 Å². The Balaban J connectivity index is 2.00. The summed E-state index contributed by atoms with van der Waals surface area (Å²) < 4.78 is 2.68. The van der Waals surface area contributed by atoms with E-state index in [2.05, 4.69) is 5.10 Å². The maximum absolute atomic E-state index is 12.8. The fourth-order valence-corrected chi connectivity index (χ4v) is 3.29. The number of nitrogens with zero attached hydrogens (tertiary/aromatic N) is 4. The van der Waals surface area contributed by atoms with Crippen molar-refractivity contribution in [3.05, 3.63) is 33.4 Å². The van der Waals surface area contributed by atoms with Gasteiger partial charge in [0.05, 0.1) is 17.8 Å². The van der Waals surface area contributed by atoms with E-state index in [0.29, 0.717) is 17.1 Å². The molecule has 1 aliphatic carbocycles. The highest BCUT2D eigenvalue weighted by molar-refractivity contribution is 5.97. The number of hydrogen-bond acceptors (Lipinski definition) is 4. The molecule has 0 radical (unpaired) electrons. The minimum Gasteiger partial charge on any atom is -0.480 e. The molecule has 1 fully saturated rings. The first-order valence-corrected chi connectivity index (χ1v) is 8.06. The fourth-order valence-electron chi connectivity index (χ4n) is 3.29. The van der Waals surface area contributed by atoms with Gasteiger partial charge in [0.25, 0.3) is 11.5 Å². The van der Waals surface area contributed by atoms with Gasteiger partial charge in [-0.3, -0.25) is 14.4 Å². The van der Waals surface area contributed by atoms with E-state index in [1.807, 2.05) is 13.8 Å². The molecular weight excluding hydrogens is 312 g/mol. The average molecular weight is 330 g/mol. The van der Waals surface area contributed by atoms with Gasteiger partial charge >= 0.3 is 5.97 Å². The highest BCUT2D eigenvalue weighted by atomic mass is 16.4. The molecule has 0 atom stereocenters. The molecule has 8 nitrogen and oxygen atoms in total. The van der Waals surface area contributed by atoms with Gasteiger partial charge in [-0.1, -0.05) is 0 Å². The molecule has 3 heterocycles. The number of carboxylic acids is 1. The summed E-state index contributed by atoms with van der Waals surface area (Å²) >= 11 is 0. The van der Waals surface area contributed by atoms with Crippen molar-refractivity contribution in [2.75, 3.05) is 0 Å². The van der Waals surface area contributed by atoms with Crippen LogP contribution in [0.15, 0.2) is 10.9 Å². The van der Waals surface area contributed by atoms with Crippen molar-refractivity contribution < 1.29 is 14.7 Å². The van der Waals surface area contributed by atoms with Crippen LogP contribution >= 0.6 is 0 Å². The van der Waals surface area contributed by atoms with Crippen LogP contribution in [0.4, 0.5) is 0 Å². The van der Waals surface area contributed by atoms with Crippen LogP contribution in [0.25, 0.3) is 5.65 Å². The molecule has 2 aromatic rings. The Morgan fingerprint density at radius 3 is 2.67 bits per heavy atom. The third kappa shape index (κ3) is 2.05. The standard InChI is InChI=1S/C16H18N4O4/c1-8(2)18-6-10-14(16(18)24)19(7-13(21)22)12-5-11(9-3-4-9)17-20(12)15(10)23/h5,8-9H,3-4,6-7H2,1-2H3,(H,21,22). The highest BCUT2D eigenvalue weighted by Crippen LogP contribution is 2.39. The lowest BCUT2D eigenvalue weighted by atomic mass is 10.2. The van der Waals surface area contributed by atoms with E-state index in [1.54, 1.807) is 11.0 Å². The minimum atomic E-state index is -1.06. The van der Waals surface area contributed by atoms with E-state index < -0.39 is 5.97 Å². The second kappa shape index (κ2) is 4.93. The Morgan fingerprint density at radius 2 is 2.08 bits per heavy atom. The van der Waals surface area contributed by atoms with Gasteiger partial charge in [0.2, 0.25) is 0 Å². The third-order valence-corrected chi connectivity index (χ3v) is 4.70. The van der Waals surface area contributed by atoms with Gasteiger partial charge in [0.15, 0.2) is 0 Å². The Bertz CT molecular complexity index is 936. The molecule has 0 spiro atoms. The maximum atomic E-state index is 12.8. The van der Waals surface area contributed by atoms with Crippen LogP contribution in [-0.2, 0) is 17.9 Å². The summed E-state index contributed by atoms with van der Waals surface area (Å²) in [6, 6.07) is 1.67. The molecule has 1 N–H and O–H groups in total. The van der Waals surface area contributed by atoms with E-state index in [1.165, 1.54) is 9.08 Å². The molecule has 126 valence electrons. The van der Waals surface area contributed by atoms with Crippen molar-refractivity contribution in [3.8, 4) is 0 Å². The van der Waals surface area contributed by atoms with Crippen molar-refractivity contribution in [2.45, 2.75) is 51.7 Å². The first-order valence-electron chi connectivity index (χ1n) is 8.06. The number of rotatable bonds is 4. The summed E-state index contributed by atoms with van der Waals surface area (Å²) in [6.07, 6.45) is 2.05. The summed E-state index contributed by atoms with van der Waals surface area (Å²) in [5.74, 6) is -1.02. The zero-order valence-corrected chi connectivity index (χ0v) is 13.5. The normalized spacial score (nSPS) is 17.1. The number of carbonyl (C=O) groups is 2. The zero-order valence-electron chi connectivity index (χ0n) is 13.5. The Kier molecular flexibility index (Phi) is 3.06. The second-order valence-corrected chi connectivity index (χ2v) is 6.75. The molecule has 0 saturated heterocycles. The molecule has 2 aromatic heterocycles. The quantitative estimate of drug-likeness (QED) is 0.895. The number of carboxylic acid groups (broad SMARTS) is 1. The maximum Gasteiger partial charge on any atom is 0.323 e. The highest BCUT2D eigenvalue weighted by Gasteiger charge is 2.37. The summed E-state index contributed by atoms with van der Waals surface area (Å²) in [5.41, 5.74) is 1.36. The van der Waals surface area contributed by atoms with Gasteiger partial charge in [-0.15, -0.1) is 0 Å². The van der Waals surface area contributed by atoms with Crippen LogP contribution in [0.5, 0.6) is 0 Å². The molecular formula is C16H18N4O4. The number of carbonyl (C=O) groups excluding carboxylic acids is 1. The Morgan fingerprint density at radius 1 is 1.38 bits per heavy atom. The van der Waals surface area contributed by atoms with E-state index in [0.717, 1.165) is 18.5 Å². The number of fused-ring (bicyclic) bond motifs is 2. The molecule has 0 aromatic carbocycles. The molecule has 1 amide bonds. The number of aliphatic carboxylic acids is 1. The lowest BCUT2D eigenvalue weighted by Gasteiger charge is -2.19. The number of aromatic nitrogens is 3. The molecule has 0 bridgehead atoms. The molecule has 0 unspecified atom stereocenters. The smallest absolute Gasteiger partial charge is 0.323 e. The van der Waals surface area contributed by atoms with Gasteiger partial charge in [-0.05, 0) is 26.7 Å². The second-order valence-electron chi connectivity index (χ2n) is 6.75. The van der Waals surface area contributed by atoms with Crippen LogP contribution in [0.3, 0.4) is 0 Å². The Hall–Kier alpha value is -2.64. The van der Waals surface area contributed by atoms with Crippen molar-refractivity contribution in [3.63, 3.8) is 0 Å².